The third-order valence-corrected chi connectivity index (χ3v) is 4.39. The number of hydrogen-bond donors (Lipinski definition) is 0. The van der Waals surface area contributed by atoms with Crippen molar-refractivity contribution < 1.29 is 9.53 Å². The van der Waals surface area contributed by atoms with Crippen LogP contribution < -0.4 is 4.80 Å². The standard InChI is InChI=1S/C16H21ClN2O2S/c1-4-21-8-7-19-13-6-5-12(17)10-14(13)22-16(19)18-15(20)9-11(2)3/h5-6,10-11H,4,7-9H2,1-3H3. The van der Waals surface area contributed by atoms with Gasteiger partial charge in [-0.15, -0.1) is 0 Å². The summed E-state index contributed by atoms with van der Waals surface area (Å²) in [5.41, 5.74) is 1.03. The number of amides is 1. The van der Waals surface area contributed by atoms with Crippen LogP contribution in [0.25, 0.3) is 10.2 Å². The lowest BCUT2D eigenvalue weighted by Crippen LogP contribution is -2.20. The van der Waals surface area contributed by atoms with Crippen molar-refractivity contribution in [3.8, 4) is 0 Å². The molecule has 0 aliphatic heterocycles. The van der Waals surface area contributed by atoms with Crippen molar-refractivity contribution in [3.63, 3.8) is 0 Å². The highest BCUT2D eigenvalue weighted by atomic mass is 35.5. The molecule has 22 heavy (non-hydrogen) atoms. The molecule has 1 heterocycles. The fraction of sp³-hybridized carbons (Fsp3) is 0.500. The highest BCUT2D eigenvalue weighted by molar-refractivity contribution is 7.16. The Morgan fingerprint density at radius 2 is 2.23 bits per heavy atom. The van der Waals surface area contributed by atoms with E-state index in [2.05, 4.69) is 4.99 Å². The molecule has 1 aromatic heterocycles. The number of thiazole rings is 1. The Labute approximate surface area is 139 Å². The van der Waals surface area contributed by atoms with Crippen LogP contribution in [0.4, 0.5) is 0 Å². The van der Waals surface area contributed by atoms with Crippen molar-refractivity contribution in [2.24, 2.45) is 10.9 Å². The maximum absolute atomic E-state index is 12.0. The molecule has 0 atom stereocenters. The van der Waals surface area contributed by atoms with E-state index < -0.39 is 0 Å². The van der Waals surface area contributed by atoms with Gasteiger partial charge in [-0.3, -0.25) is 4.79 Å². The number of rotatable bonds is 6. The van der Waals surface area contributed by atoms with Crippen LogP contribution in [0.3, 0.4) is 0 Å². The van der Waals surface area contributed by atoms with Crippen LogP contribution in [-0.4, -0.2) is 23.7 Å². The average molecular weight is 341 g/mol. The Morgan fingerprint density at radius 1 is 1.45 bits per heavy atom. The maximum atomic E-state index is 12.0. The van der Waals surface area contributed by atoms with E-state index in [1.807, 2.05) is 43.5 Å². The topological polar surface area (TPSA) is 43.6 Å². The SMILES string of the molecule is CCOCCn1c(=NC(=O)CC(C)C)sc2cc(Cl)ccc21. The molecule has 0 bridgehead atoms. The first-order valence-electron chi connectivity index (χ1n) is 7.45. The summed E-state index contributed by atoms with van der Waals surface area (Å²) in [7, 11) is 0. The number of hydrogen-bond acceptors (Lipinski definition) is 3. The number of ether oxygens (including phenoxy) is 1. The fourth-order valence-corrected chi connectivity index (χ4v) is 3.50. The molecule has 2 rings (SSSR count). The van der Waals surface area contributed by atoms with Crippen LogP contribution in [0.5, 0.6) is 0 Å². The number of benzene rings is 1. The molecular formula is C16H21ClN2O2S. The van der Waals surface area contributed by atoms with Gasteiger partial charge in [0.05, 0.1) is 16.8 Å². The Balaban J connectivity index is 2.44. The lowest BCUT2D eigenvalue weighted by molar-refractivity contribution is -0.118. The van der Waals surface area contributed by atoms with Gasteiger partial charge in [0.15, 0.2) is 4.80 Å². The maximum Gasteiger partial charge on any atom is 0.248 e. The first kappa shape index (κ1) is 17.2. The molecule has 1 amide bonds. The van der Waals surface area contributed by atoms with E-state index in [0.29, 0.717) is 41.9 Å². The van der Waals surface area contributed by atoms with Crippen molar-refractivity contribution in [3.05, 3.63) is 28.0 Å². The molecule has 120 valence electrons. The second-order valence-electron chi connectivity index (χ2n) is 5.45. The van der Waals surface area contributed by atoms with Crippen molar-refractivity contribution in [1.82, 2.24) is 4.57 Å². The smallest absolute Gasteiger partial charge is 0.248 e. The second-order valence-corrected chi connectivity index (χ2v) is 6.89. The predicted octanol–water partition coefficient (Wildman–Crippen LogP) is 3.87. The van der Waals surface area contributed by atoms with Crippen LogP contribution in [0.15, 0.2) is 23.2 Å². The highest BCUT2D eigenvalue weighted by Crippen LogP contribution is 2.22. The third-order valence-electron chi connectivity index (χ3n) is 3.11. The number of nitrogens with zero attached hydrogens (tertiary/aromatic N) is 2. The normalized spacial score (nSPS) is 12.5. The van der Waals surface area contributed by atoms with Gasteiger partial charge in [-0.25, -0.2) is 0 Å². The number of fused-ring (bicyclic) bond motifs is 1. The van der Waals surface area contributed by atoms with Gasteiger partial charge in [0, 0.05) is 24.6 Å². The van der Waals surface area contributed by atoms with Gasteiger partial charge in [0.2, 0.25) is 5.91 Å². The summed E-state index contributed by atoms with van der Waals surface area (Å²) in [6, 6.07) is 5.73. The van der Waals surface area contributed by atoms with E-state index >= 15 is 0 Å². The van der Waals surface area contributed by atoms with E-state index in [0.717, 1.165) is 10.2 Å². The van der Waals surface area contributed by atoms with Gasteiger partial charge in [-0.2, -0.15) is 4.99 Å². The Kier molecular flexibility index (Phi) is 6.17. The summed E-state index contributed by atoms with van der Waals surface area (Å²) < 4.78 is 8.49. The number of carbonyl (C=O) groups is 1. The molecule has 0 spiro atoms. The average Bonchev–Trinajstić information content (AvgIpc) is 2.75. The summed E-state index contributed by atoms with van der Waals surface area (Å²) in [5.74, 6) is 0.217. The Hall–Kier alpha value is -1.17. The largest absolute Gasteiger partial charge is 0.380 e. The van der Waals surface area contributed by atoms with Crippen LogP contribution in [0.2, 0.25) is 5.02 Å². The van der Waals surface area contributed by atoms with E-state index in [1.54, 1.807) is 0 Å². The molecule has 0 aliphatic carbocycles. The van der Waals surface area contributed by atoms with E-state index in [-0.39, 0.29) is 5.91 Å². The van der Waals surface area contributed by atoms with Crippen LogP contribution >= 0.6 is 22.9 Å². The monoisotopic (exact) mass is 340 g/mol. The van der Waals surface area contributed by atoms with Crippen molar-refractivity contribution in [2.75, 3.05) is 13.2 Å². The van der Waals surface area contributed by atoms with Gasteiger partial charge in [-0.05, 0) is 31.0 Å². The van der Waals surface area contributed by atoms with E-state index in [9.17, 15) is 4.79 Å². The second kappa shape index (κ2) is 7.90. The zero-order chi connectivity index (χ0) is 16.1. The highest BCUT2D eigenvalue weighted by Gasteiger charge is 2.09. The van der Waals surface area contributed by atoms with Crippen LogP contribution in [-0.2, 0) is 16.1 Å². The third kappa shape index (κ3) is 4.41. The van der Waals surface area contributed by atoms with Crippen LogP contribution in [0.1, 0.15) is 27.2 Å². The van der Waals surface area contributed by atoms with Crippen molar-refractivity contribution in [1.29, 1.82) is 0 Å². The molecule has 0 aliphatic rings. The van der Waals surface area contributed by atoms with Gasteiger partial charge in [0.25, 0.3) is 0 Å². The minimum atomic E-state index is -0.0854. The summed E-state index contributed by atoms with van der Waals surface area (Å²) >= 11 is 7.54. The minimum absolute atomic E-state index is 0.0854. The van der Waals surface area contributed by atoms with E-state index in [1.165, 1.54) is 11.3 Å². The number of aromatic nitrogens is 1. The minimum Gasteiger partial charge on any atom is -0.380 e. The quantitative estimate of drug-likeness (QED) is 0.749. The molecule has 0 saturated carbocycles. The molecule has 1 aromatic carbocycles. The molecule has 0 radical (unpaired) electrons. The zero-order valence-corrected chi connectivity index (χ0v) is 14.7. The molecule has 0 N–H and O–H groups in total. The summed E-state index contributed by atoms with van der Waals surface area (Å²) in [6.07, 6.45) is 0.459. The molecular weight excluding hydrogens is 320 g/mol. The summed E-state index contributed by atoms with van der Waals surface area (Å²) in [6.45, 7) is 7.93. The summed E-state index contributed by atoms with van der Waals surface area (Å²) in [4.78, 5) is 17.0. The molecule has 0 saturated heterocycles. The fourth-order valence-electron chi connectivity index (χ4n) is 2.15. The molecule has 0 unspecified atom stereocenters. The number of carbonyl (C=O) groups excluding carboxylic acids is 1. The van der Waals surface area contributed by atoms with Gasteiger partial charge >= 0.3 is 0 Å². The Bertz CT molecular complexity index is 718. The summed E-state index contributed by atoms with van der Waals surface area (Å²) in [5, 5.41) is 0.686. The first-order valence-corrected chi connectivity index (χ1v) is 8.65. The lowest BCUT2D eigenvalue weighted by atomic mass is 10.1. The lowest BCUT2D eigenvalue weighted by Gasteiger charge is -2.05. The van der Waals surface area contributed by atoms with E-state index in [4.69, 9.17) is 16.3 Å². The molecule has 0 fully saturated rings. The first-order chi connectivity index (χ1) is 10.5. The molecule has 4 nitrogen and oxygen atoms in total. The molecule has 6 heteroatoms. The van der Waals surface area contributed by atoms with Crippen LogP contribution in [0, 0.1) is 5.92 Å². The number of halogens is 1. The van der Waals surface area contributed by atoms with Gasteiger partial charge < -0.3 is 9.30 Å². The predicted molar refractivity (Wildman–Crippen MR) is 91.3 cm³/mol. The zero-order valence-electron chi connectivity index (χ0n) is 13.1. The van der Waals surface area contributed by atoms with Gasteiger partial charge in [0.1, 0.15) is 0 Å². The van der Waals surface area contributed by atoms with Crippen molar-refractivity contribution in [2.45, 2.75) is 33.7 Å². The molecule has 2 aromatic rings. The van der Waals surface area contributed by atoms with Gasteiger partial charge in [-0.1, -0.05) is 36.8 Å². The van der Waals surface area contributed by atoms with Crippen molar-refractivity contribution >= 4 is 39.1 Å². The Morgan fingerprint density at radius 3 is 2.91 bits per heavy atom.